The van der Waals surface area contributed by atoms with Crippen LogP contribution in [0.2, 0.25) is 0 Å². The van der Waals surface area contributed by atoms with Gasteiger partial charge < -0.3 is 5.32 Å². The van der Waals surface area contributed by atoms with Crippen LogP contribution in [-0.2, 0) is 0 Å². The van der Waals surface area contributed by atoms with Crippen LogP contribution in [-0.4, -0.2) is 40.8 Å². The smallest absolute Gasteiger partial charge is 0.189 e. The van der Waals surface area contributed by atoms with Crippen molar-refractivity contribution in [3.05, 3.63) is 24.4 Å². The van der Waals surface area contributed by atoms with Crippen LogP contribution in [0.3, 0.4) is 0 Å². The monoisotopic (exact) mass is 224 g/mol. The number of nitrogens with one attached hydrogen (secondary N) is 1. The fraction of sp³-hybridized carbons (Fsp3) is 0.400. The Morgan fingerprint density at radius 3 is 2.73 bits per heavy atom. The van der Waals surface area contributed by atoms with Gasteiger partial charge in [0, 0.05) is 26.8 Å². The summed E-state index contributed by atoms with van der Waals surface area (Å²) in [5, 5.41) is 7.59. The molecule has 0 saturated carbocycles. The van der Waals surface area contributed by atoms with Crippen LogP contribution < -0.4 is 5.32 Å². The van der Waals surface area contributed by atoms with Crippen molar-refractivity contribution in [2.75, 3.05) is 26.0 Å². The molecule has 0 bridgehead atoms. The highest BCUT2D eigenvalue weighted by Crippen LogP contribution is 2.02. The van der Waals surface area contributed by atoms with Crippen LogP contribution in [0.5, 0.6) is 0 Å². The van der Waals surface area contributed by atoms with E-state index in [1.54, 1.807) is 6.20 Å². The van der Waals surface area contributed by atoms with Gasteiger partial charge in [-0.25, -0.2) is 9.99 Å². The van der Waals surface area contributed by atoms with Crippen LogP contribution >= 0.6 is 12.2 Å². The van der Waals surface area contributed by atoms with Gasteiger partial charge in [0.2, 0.25) is 0 Å². The van der Waals surface area contributed by atoms with E-state index in [0.29, 0.717) is 5.11 Å². The summed E-state index contributed by atoms with van der Waals surface area (Å²) in [6.07, 6.45) is 1.73. The first kappa shape index (κ1) is 11.9. The van der Waals surface area contributed by atoms with Gasteiger partial charge in [0.1, 0.15) is 5.82 Å². The Labute approximate surface area is 95.9 Å². The Balaban J connectivity index is 2.56. The third-order valence-electron chi connectivity index (χ3n) is 2.16. The van der Waals surface area contributed by atoms with Crippen LogP contribution in [0.25, 0.3) is 0 Å². The average molecular weight is 224 g/mol. The summed E-state index contributed by atoms with van der Waals surface area (Å²) in [6.45, 7) is 2.97. The van der Waals surface area contributed by atoms with Gasteiger partial charge in [-0.2, -0.15) is 0 Å². The normalized spacial score (nSPS) is 10.1. The first-order chi connectivity index (χ1) is 7.15. The largest absolute Gasteiger partial charge is 0.316 e. The quantitative estimate of drug-likeness (QED) is 0.622. The van der Waals surface area contributed by atoms with Gasteiger partial charge in [-0.1, -0.05) is 13.0 Å². The molecule has 1 heterocycles. The molecule has 1 N–H and O–H groups in total. The Morgan fingerprint density at radius 2 is 2.20 bits per heavy atom. The van der Waals surface area contributed by atoms with E-state index in [1.165, 1.54) is 0 Å². The number of hydrazine groups is 1. The molecule has 0 atom stereocenters. The summed E-state index contributed by atoms with van der Waals surface area (Å²) in [6, 6.07) is 5.67. The van der Waals surface area contributed by atoms with Crippen molar-refractivity contribution in [3.8, 4) is 0 Å². The molecular formula is C10H16N4S. The van der Waals surface area contributed by atoms with Crippen molar-refractivity contribution < 1.29 is 0 Å². The van der Waals surface area contributed by atoms with E-state index in [9.17, 15) is 0 Å². The molecule has 1 aromatic rings. The lowest BCUT2D eigenvalue weighted by molar-refractivity contribution is 0.116. The molecule has 0 unspecified atom stereocenters. The number of rotatable bonds is 3. The Hall–Kier alpha value is -1.20. The number of hydrogen-bond acceptors (Lipinski definition) is 3. The molecule has 0 aliphatic heterocycles. The van der Waals surface area contributed by atoms with Crippen molar-refractivity contribution >= 4 is 23.1 Å². The van der Waals surface area contributed by atoms with Gasteiger partial charge in [-0.3, -0.25) is 5.01 Å². The lowest BCUT2D eigenvalue weighted by Crippen LogP contribution is -2.43. The second-order valence-electron chi connectivity index (χ2n) is 3.14. The van der Waals surface area contributed by atoms with E-state index in [0.717, 1.165) is 12.4 Å². The predicted octanol–water partition coefficient (Wildman–Crippen LogP) is 1.58. The standard InChI is InChI=1S/C10H16N4S/c1-4-13(2)14(3)10(15)12-9-7-5-6-8-11-9/h5-8H,4H2,1-3H3,(H,11,12,15). The topological polar surface area (TPSA) is 31.4 Å². The molecule has 0 aliphatic carbocycles. The highest BCUT2D eigenvalue weighted by molar-refractivity contribution is 7.80. The van der Waals surface area contributed by atoms with E-state index >= 15 is 0 Å². The third kappa shape index (κ3) is 3.45. The van der Waals surface area contributed by atoms with E-state index < -0.39 is 0 Å². The molecular weight excluding hydrogens is 208 g/mol. The average Bonchev–Trinajstić information content (AvgIpc) is 2.28. The van der Waals surface area contributed by atoms with E-state index in [-0.39, 0.29) is 0 Å². The molecule has 0 radical (unpaired) electrons. The zero-order valence-electron chi connectivity index (χ0n) is 9.27. The molecule has 4 nitrogen and oxygen atoms in total. The fourth-order valence-electron chi connectivity index (χ4n) is 0.994. The van der Waals surface area contributed by atoms with Crippen LogP contribution in [0.15, 0.2) is 24.4 Å². The summed E-state index contributed by atoms with van der Waals surface area (Å²) < 4.78 is 0. The Bertz CT molecular complexity index is 314. The van der Waals surface area contributed by atoms with E-state index in [2.05, 4.69) is 17.2 Å². The van der Waals surface area contributed by atoms with Crippen LogP contribution in [0, 0.1) is 0 Å². The number of thiocarbonyl (C=S) groups is 1. The lowest BCUT2D eigenvalue weighted by atomic mass is 10.5. The fourth-order valence-corrected chi connectivity index (χ4v) is 1.24. The van der Waals surface area contributed by atoms with Crippen molar-refractivity contribution in [1.29, 1.82) is 0 Å². The molecule has 0 spiro atoms. The Morgan fingerprint density at radius 1 is 1.47 bits per heavy atom. The molecule has 0 aromatic carbocycles. The molecule has 0 amide bonds. The summed E-state index contributed by atoms with van der Waals surface area (Å²) in [5.74, 6) is 0.763. The first-order valence-corrected chi connectivity index (χ1v) is 5.22. The maximum atomic E-state index is 5.23. The van der Waals surface area contributed by atoms with Crippen molar-refractivity contribution in [3.63, 3.8) is 0 Å². The Kier molecular flexibility index (Phi) is 4.45. The first-order valence-electron chi connectivity index (χ1n) is 4.82. The zero-order chi connectivity index (χ0) is 11.3. The molecule has 5 heteroatoms. The van der Waals surface area contributed by atoms with Gasteiger partial charge in [-0.05, 0) is 24.4 Å². The SMILES string of the molecule is CCN(C)N(C)C(=S)Nc1ccccn1. The third-order valence-corrected chi connectivity index (χ3v) is 2.53. The second kappa shape index (κ2) is 5.63. The lowest BCUT2D eigenvalue weighted by Gasteiger charge is -2.29. The number of aromatic nitrogens is 1. The molecule has 0 saturated heterocycles. The molecule has 0 aliphatic rings. The minimum absolute atomic E-state index is 0.637. The second-order valence-corrected chi connectivity index (χ2v) is 3.53. The molecule has 82 valence electrons. The number of anilines is 1. The van der Waals surface area contributed by atoms with E-state index in [1.807, 2.05) is 42.3 Å². The van der Waals surface area contributed by atoms with Gasteiger partial charge in [0.15, 0.2) is 5.11 Å². The zero-order valence-corrected chi connectivity index (χ0v) is 10.1. The summed E-state index contributed by atoms with van der Waals surface area (Å²) in [7, 11) is 3.90. The minimum atomic E-state index is 0.637. The van der Waals surface area contributed by atoms with E-state index in [4.69, 9.17) is 12.2 Å². The summed E-state index contributed by atoms with van der Waals surface area (Å²) in [5.41, 5.74) is 0. The number of pyridine rings is 1. The molecule has 0 fully saturated rings. The van der Waals surface area contributed by atoms with Crippen LogP contribution in [0.1, 0.15) is 6.92 Å². The van der Waals surface area contributed by atoms with Crippen LogP contribution in [0.4, 0.5) is 5.82 Å². The molecule has 1 rings (SSSR count). The predicted molar refractivity (Wildman–Crippen MR) is 66.5 cm³/mol. The summed E-state index contributed by atoms with van der Waals surface area (Å²) in [4.78, 5) is 4.14. The van der Waals surface area contributed by atoms with Crippen molar-refractivity contribution in [2.45, 2.75) is 6.92 Å². The summed E-state index contributed by atoms with van der Waals surface area (Å²) >= 11 is 5.23. The maximum Gasteiger partial charge on any atom is 0.189 e. The van der Waals surface area contributed by atoms with Crippen molar-refractivity contribution in [1.82, 2.24) is 15.0 Å². The van der Waals surface area contributed by atoms with Gasteiger partial charge in [-0.15, -0.1) is 0 Å². The number of hydrogen-bond donors (Lipinski definition) is 1. The molecule has 1 aromatic heterocycles. The number of nitrogens with zero attached hydrogens (tertiary/aromatic N) is 3. The van der Waals surface area contributed by atoms with Gasteiger partial charge in [0.25, 0.3) is 0 Å². The highest BCUT2D eigenvalue weighted by Gasteiger charge is 2.08. The van der Waals surface area contributed by atoms with Crippen molar-refractivity contribution in [2.24, 2.45) is 0 Å². The van der Waals surface area contributed by atoms with Gasteiger partial charge in [0.05, 0.1) is 0 Å². The highest BCUT2D eigenvalue weighted by atomic mass is 32.1. The minimum Gasteiger partial charge on any atom is -0.316 e. The maximum absolute atomic E-state index is 5.23. The van der Waals surface area contributed by atoms with Gasteiger partial charge >= 0.3 is 0 Å². The molecule has 15 heavy (non-hydrogen) atoms.